The highest BCUT2D eigenvalue weighted by molar-refractivity contribution is 7.89. The summed E-state index contributed by atoms with van der Waals surface area (Å²) < 4.78 is 34.1. The van der Waals surface area contributed by atoms with Crippen molar-refractivity contribution in [1.29, 1.82) is 0 Å². The summed E-state index contributed by atoms with van der Waals surface area (Å²) in [6.45, 7) is 6.97. The van der Waals surface area contributed by atoms with Crippen LogP contribution in [-0.2, 0) is 34.2 Å². The zero-order valence-electron chi connectivity index (χ0n) is 23.1. The molecule has 0 spiro atoms. The number of nitrogens with one attached hydrogen (secondary N) is 2. The van der Waals surface area contributed by atoms with Crippen molar-refractivity contribution in [3.8, 4) is 17.0 Å². The Labute approximate surface area is 239 Å². The molecule has 41 heavy (non-hydrogen) atoms. The third-order valence-corrected chi connectivity index (χ3v) is 9.51. The molecule has 2 aliphatic heterocycles. The molecule has 1 saturated heterocycles. The van der Waals surface area contributed by atoms with Crippen LogP contribution < -0.4 is 14.4 Å². The van der Waals surface area contributed by atoms with E-state index in [1.807, 2.05) is 31.2 Å². The fraction of sp³-hybridized carbons (Fsp3) is 0.367. The number of carbonyl (C=O) groups is 1. The Morgan fingerprint density at radius 2 is 1.93 bits per heavy atom. The highest BCUT2D eigenvalue weighted by Crippen LogP contribution is 2.34. The van der Waals surface area contributed by atoms with Crippen molar-refractivity contribution in [1.82, 2.24) is 24.8 Å². The van der Waals surface area contributed by atoms with Crippen LogP contribution in [0.4, 0.5) is 5.82 Å². The number of benzene rings is 2. The quantitative estimate of drug-likeness (QED) is 0.276. The molecule has 0 bridgehead atoms. The Hall–Kier alpha value is -3.80. The number of rotatable bonds is 10. The van der Waals surface area contributed by atoms with E-state index in [-0.39, 0.29) is 0 Å². The Bertz CT molecular complexity index is 1680. The fourth-order valence-electron chi connectivity index (χ4n) is 5.86. The topological polar surface area (TPSA) is 121 Å². The van der Waals surface area contributed by atoms with Crippen molar-refractivity contribution in [3.63, 3.8) is 0 Å². The smallest absolute Gasteiger partial charge is 0.298 e. The molecule has 0 atom stereocenters. The normalized spacial score (nSPS) is 15.8. The van der Waals surface area contributed by atoms with Gasteiger partial charge in [0.2, 0.25) is 10.0 Å². The van der Waals surface area contributed by atoms with Gasteiger partial charge in [-0.2, -0.15) is 5.10 Å². The first-order valence-electron chi connectivity index (χ1n) is 14.1. The van der Waals surface area contributed by atoms with Gasteiger partial charge in [0, 0.05) is 31.7 Å². The predicted molar refractivity (Wildman–Crippen MR) is 157 cm³/mol. The van der Waals surface area contributed by atoms with E-state index < -0.39 is 10.0 Å². The molecule has 0 amide bonds. The lowest BCUT2D eigenvalue weighted by Crippen LogP contribution is -2.34. The number of hydrogen-bond acceptors (Lipinski definition) is 8. The maximum Gasteiger partial charge on any atom is 0.298 e. The molecule has 2 aliphatic rings. The summed E-state index contributed by atoms with van der Waals surface area (Å²) in [7, 11) is -3.61. The molecule has 2 aromatic heterocycles. The van der Waals surface area contributed by atoms with Gasteiger partial charge in [-0.15, -0.1) is 0 Å². The van der Waals surface area contributed by atoms with E-state index in [1.54, 1.807) is 24.4 Å². The zero-order valence-corrected chi connectivity index (χ0v) is 23.9. The summed E-state index contributed by atoms with van der Waals surface area (Å²) in [6, 6.07) is 13.0. The molecule has 0 unspecified atom stereocenters. The second-order valence-electron chi connectivity index (χ2n) is 10.6. The van der Waals surface area contributed by atoms with Gasteiger partial charge in [-0.3, -0.25) is 9.89 Å². The zero-order chi connectivity index (χ0) is 28.4. The summed E-state index contributed by atoms with van der Waals surface area (Å²) in [5.74, 6) is 1.29. The summed E-state index contributed by atoms with van der Waals surface area (Å²) >= 11 is 0. The Kier molecular flexibility index (Phi) is 7.74. The lowest BCUT2D eigenvalue weighted by atomic mass is 9.99. The van der Waals surface area contributed by atoms with E-state index in [4.69, 9.17) is 9.72 Å². The van der Waals surface area contributed by atoms with Gasteiger partial charge in [-0.25, -0.2) is 18.1 Å². The van der Waals surface area contributed by atoms with Crippen LogP contribution in [0.3, 0.4) is 0 Å². The van der Waals surface area contributed by atoms with Crippen LogP contribution in [0.25, 0.3) is 22.2 Å². The molecule has 4 heterocycles. The number of anilines is 1. The van der Waals surface area contributed by atoms with Crippen molar-refractivity contribution in [2.45, 2.75) is 44.0 Å². The van der Waals surface area contributed by atoms with E-state index in [0.29, 0.717) is 30.2 Å². The van der Waals surface area contributed by atoms with E-state index in [2.05, 4.69) is 24.7 Å². The molecule has 4 aromatic rings. The van der Waals surface area contributed by atoms with Crippen LogP contribution in [0.1, 0.15) is 36.5 Å². The number of ether oxygens (including phenoxy) is 1. The number of sulfonamides is 1. The first-order valence-corrected chi connectivity index (χ1v) is 15.6. The number of carbonyl (C=O) groups excluding carboxylic acids is 1. The van der Waals surface area contributed by atoms with Crippen molar-refractivity contribution >= 4 is 33.2 Å². The largest absolute Gasteiger partial charge is 0.429 e. The lowest BCUT2D eigenvalue weighted by Gasteiger charge is -2.31. The maximum absolute atomic E-state index is 13.1. The maximum atomic E-state index is 13.1. The molecule has 11 heteroatoms. The summed E-state index contributed by atoms with van der Waals surface area (Å²) in [5, 5.41) is 8.27. The average Bonchev–Trinajstić information content (AvgIpc) is 3.68. The number of likely N-dealkylation sites (tertiary alicyclic amines) is 1. The number of aromatic nitrogens is 3. The third-order valence-electron chi connectivity index (χ3n) is 8.05. The molecule has 0 radical (unpaired) electrons. The number of aryl methyl sites for hydroxylation is 1. The molecule has 214 valence electrons. The van der Waals surface area contributed by atoms with Crippen LogP contribution in [0.5, 0.6) is 5.75 Å². The fourth-order valence-corrected chi connectivity index (χ4v) is 6.93. The molecule has 0 saturated carbocycles. The van der Waals surface area contributed by atoms with Crippen molar-refractivity contribution in [2.75, 3.05) is 37.6 Å². The van der Waals surface area contributed by atoms with Gasteiger partial charge in [-0.1, -0.05) is 13.0 Å². The average molecular weight is 575 g/mol. The van der Waals surface area contributed by atoms with Gasteiger partial charge < -0.3 is 14.5 Å². The number of pyridine rings is 1. The first-order chi connectivity index (χ1) is 19.9. The predicted octanol–water partition coefficient (Wildman–Crippen LogP) is 3.66. The molecule has 0 aliphatic carbocycles. The second-order valence-corrected chi connectivity index (χ2v) is 12.4. The Balaban J connectivity index is 1.28. The van der Waals surface area contributed by atoms with Gasteiger partial charge in [0.05, 0.1) is 27.7 Å². The van der Waals surface area contributed by atoms with E-state index >= 15 is 0 Å². The molecular formula is C30H34N6O4S. The molecule has 2 aromatic carbocycles. The highest BCUT2D eigenvalue weighted by atomic mass is 32.2. The number of H-pyrrole nitrogens is 1. The van der Waals surface area contributed by atoms with Gasteiger partial charge in [0.15, 0.2) is 0 Å². The van der Waals surface area contributed by atoms with Crippen LogP contribution >= 0.6 is 0 Å². The minimum Gasteiger partial charge on any atom is -0.429 e. The van der Waals surface area contributed by atoms with Crippen molar-refractivity contribution in [2.24, 2.45) is 0 Å². The standard InChI is InChI=1S/C30H34N6O4S/c1-2-21-15-24(40-20-37)6-8-26(21)28-17-29-27(18-31-34-29)30(33-28)36-13-9-22-5-7-25(16-23(22)19-36)41(38,39)32-10-14-35-11-3-4-12-35/h5-8,15-18,20,32H,2-4,9-14,19H2,1H3,(H,31,34). The molecule has 6 rings (SSSR count). The molecule has 1 fully saturated rings. The number of fused-ring (bicyclic) bond motifs is 2. The number of hydrogen-bond donors (Lipinski definition) is 2. The Morgan fingerprint density at radius 1 is 1.07 bits per heavy atom. The molecule has 10 nitrogen and oxygen atoms in total. The Morgan fingerprint density at radius 3 is 2.73 bits per heavy atom. The first kappa shape index (κ1) is 27.4. The van der Waals surface area contributed by atoms with Gasteiger partial charge in [0.25, 0.3) is 6.47 Å². The van der Waals surface area contributed by atoms with Crippen LogP contribution in [0.15, 0.2) is 53.6 Å². The SMILES string of the molecule is CCc1cc(OC=O)ccc1-c1cc2[nH]ncc2c(N2CCc3ccc(S(=O)(=O)NCCN4CCCC4)cc3C2)n1. The van der Waals surface area contributed by atoms with E-state index in [1.165, 1.54) is 12.8 Å². The van der Waals surface area contributed by atoms with Crippen LogP contribution in [-0.4, -0.2) is 67.7 Å². The highest BCUT2D eigenvalue weighted by Gasteiger charge is 2.24. The summed E-state index contributed by atoms with van der Waals surface area (Å²) in [4.78, 5) is 20.7. The lowest BCUT2D eigenvalue weighted by molar-refractivity contribution is -0.120. The second kappa shape index (κ2) is 11.6. The minimum absolute atomic E-state index is 0.292. The van der Waals surface area contributed by atoms with Crippen molar-refractivity contribution in [3.05, 3.63) is 65.4 Å². The van der Waals surface area contributed by atoms with Crippen molar-refractivity contribution < 1.29 is 17.9 Å². The van der Waals surface area contributed by atoms with E-state index in [9.17, 15) is 13.2 Å². The van der Waals surface area contributed by atoms with Gasteiger partial charge in [0.1, 0.15) is 11.6 Å². The minimum atomic E-state index is -3.61. The van der Waals surface area contributed by atoms with Crippen LogP contribution in [0, 0.1) is 0 Å². The summed E-state index contributed by atoms with van der Waals surface area (Å²) in [5.41, 5.74) is 5.75. The molecule has 2 N–H and O–H groups in total. The molecular weight excluding hydrogens is 540 g/mol. The van der Waals surface area contributed by atoms with Crippen LogP contribution in [0.2, 0.25) is 0 Å². The third kappa shape index (κ3) is 5.70. The van der Waals surface area contributed by atoms with Gasteiger partial charge in [-0.05, 0) is 91.9 Å². The van der Waals surface area contributed by atoms with E-state index in [0.717, 1.165) is 83.7 Å². The summed E-state index contributed by atoms with van der Waals surface area (Å²) in [6.07, 6.45) is 5.66. The number of nitrogens with zero attached hydrogens (tertiary/aromatic N) is 4. The monoisotopic (exact) mass is 574 g/mol. The van der Waals surface area contributed by atoms with Gasteiger partial charge >= 0.3 is 0 Å². The number of aromatic amines is 1.